The molecule has 2 rings (SSSR count). The number of aliphatic carboxylic acids is 1. The number of carbonyl (C=O) groups is 1. The zero-order valence-corrected chi connectivity index (χ0v) is 11.6. The Morgan fingerprint density at radius 3 is 2.81 bits per heavy atom. The van der Waals surface area contributed by atoms with Crippen LogP contribution in [0.2, 0.25) is 0 Å². The Balaban J connectivity index is 2.12. The first kappa shape index (κ1) is 14.7. The molecule has 1 aromatic heterocycles. The van der Waals surface area contributed by atoms with Crippen LogP contribution in [0.3, 0.4) is 0 Å². The molecule has 0 aliphatic rings. The van der Waals surface area contributed by atoms with Gasteiger partial charge in [0, 0.05) is 6.08 Å². The molecule has 7 nitrogen and oxygen atoms in total. The fraction of sp³-hybridized carbons (Fsp3) is 0.286. The Bertz CT molecular complexity index is 619. The van der Waals surface area contributed by atoms with Crippen LogP contribution in [-0.2, 0) is 4.79 Å². The van der Waals surface area contributed by atoms with Gasteiger partial charge >= 0.3 is 5.97 Å². The number of benzene rings is 1. The Morgan fingerprint density at radius 2 is 2.14 bits per heavy atom. The highest BCUT2D eigenvalue weighted by molar-refractivity contribution is 5.84. The SMILES string of the molecule is CCCCOc1ccc(-n2nnnc2/C=C/C(=O)O)cc1. The Labute approximate surface area is 121 Å². The number of carboxylic acid groups (broad SMARTS) is 1. The lowest BCUT2D eigenvalue weighted by atomic mass is 10.3. The van der Waals surface area contributed by atoms with Gasteiger partial charge < -0.3 is 9.84 Å². The highest BCUT2D eigenvalue weighted by atomic mass is 16.5. The molecule has 0 atom stereocenters. The average molecular weight is 288 g/mol. The summed E-state index contributed by atoms with van der Waals surface area (Å²) >= 11 is 0. The van der Waals surface area contributed by atoms with Gasteiger partial charge in [-0.3, -0.25) is 0 Å². The number of hydrogen-bond acceptors (Lipinski definition) is 5. The average Bonchev–Trinajstić information content (AvgIpc) is 2.94. The molecule has 0 spiro atoms. The maximum absolute atomic E-state index is 10.5. The standard InChI is InChI=1S/C14H16N4O3/c1-2-3-10-21-12-6-4-11(5-7-12)18-13(15-16-17-18)8-9-14(19)20/h4-9H,2-3,10H2,1H3,(H,19,20)/b9-8+. The smallest absolute Gasteiger partial charge is 0.328 e. The Kier molecular flexibility index (Phi) is 5.03. The zero-order chi connectivity index (χ0) is 15.1. The first-order chi connectivity index (χ1) is 10.2. The number of unbranched alkanes of at least 4 members (excludes halogenated alkanes) is 1. The first-order valence-corrected chi connectivity index (χ1v) is 6.63. The lowest BCUT2D eigenvalue weighted by molar-refractivity contribution is -0.131. The van der Waals surface area contributed by atoms with Gasteiger partial charge in [-0.2, -0.15) is 4.68 Å². The van der Waals surface area contributed by atoms with Gasteiger partial charge in [-0.1, -0.05) is 13.3 Å². The Morgan fingerprint density at radius 1 is 1.38 bits per heavy atom. The molecule has 2 aromatic rings. The predicted octanol–water partition coefficient (Wildman–Crippen LogP) is 1.94. The van der Waals surface area contributed by atoms with Crippen molar-refractivity contribution in [2.24, 2.45) is 0 Å². The number of rotatable bonds is 7. The van der Waals surface area contributed by atoms with Crippen LogP contribution < -0.4 is 4.74 Å². The van der Waals surface area contributed by atoms with Gasteiger partial charge in [0.1, 0.15) is 5.75 Å². The molecular weight excluding hydrogens is 272 g/mol. The van der Waals surface area contributed by atoms with Gasteiger partial charge in [0.25, 0.3) is 0 Å². The predicted molar refractivity (Wildman–Crippen MR) is 76.2 cm³/mol. The van der Waals surface area contributed by atoms with Gasteiger partial charge in [0.15, 0.2) is 5.82 Å². The van der Waals surface area contributed by atoms with Gasteiger partial charge in [-0.05, 0) is 47.2 Å². The summed E-state index contributed by atoms with van der Waals surface area (Å²) in [6.07, 6.45) is 4.43. The number of ether oxygens (including phenoxy) is 1. The van der Waals surface area contributed by atoms with Crippen molar-refractivity contribution in [1.29, 1.82) is 0 Å². The molecule has 0 saturated heterocycles. The summed E-state index contributed by atoms with van der Waals surface area (Å²) < 4.78 is 7.03. The van der Waals surface area contributed by atoms with Crippen LogP contribution in [0.5, 0.6) is 5.75 Å². The fourth-order valence-electron chi connectivity index (χ4n) is 1.65. The van der Waals surface area contributed by atoms with E-state index >= 15 is 0 Å². The van der Waals surface area contributed by atoms with Crippen molar-refractivity contribution in [3.63, 3.8) is 0 Å². The third-order valence-electron chi connectivity index (χ3n) is 2.72. The van der Waals surface area contributed by atoms with E-state index in [2.05, 4.69) is 22.4 Å². The van der Waals surface area contributed by atoms with Crippen molar-refractivity contribution < 1.29 is 14.6 Å². The summed E-state index contributed by atoms with van der Waals surface area (Å²) in [6, 6.07) is 7.29. The second-order valence-electron chi connectivity index (χ2n) is 4.32. The lowest BCUT2D eigenvalue weighted by Crippen LogP contribution is -2.01. The van der Waals surface area contributed by atoms with Gasteiger partial charge in [0.05, 0.1) is 12.3 Å². The van der Waals surface area contributed by atoms with Crippen molar-refractivity contribution in [2.75, 3.05) is 6.61 Å². The summed E-state index contributed by atoms with van der Waals surface area (Å²) in [4.78, 5) is 10.5. The molecule has 0 bridgehead atoms. The molecule has 110 valence electrons. The molecule has 0 unspecified atom stereocenters. The summed E-state index contributed by atoms with van der Waals surface area (Å²) in [5, 5.41) is 19.8. The summed E-state index contributed by atoms with van der Waals surface area (Å²) in [6.45, 7) is 2.80. The van der Waals surface area contributed by atoms with E-state index in [4.69, 9.17) is 9.84 Å². The molecule has 0 radical (unpaired) electrons. The second kappa shape index (κ2) is 7.18. The van der Waals surface area contributed by atoms with E-state index in [9.17, 15) is 4.79 Å². The number of carboxylic acids is 1. The Hall–Kier alpha value is -2.70. The molecule has 21 heavy (non-hydrogen) atoms. The third-order valence-corrected chi connectivity index (χ3v) is 2.72. The minimum Gasteiger partial charge on any atom is -0.494 e. The van der Waals surface area contributed by atoms with Crippen LogP contribution in [-0.4, -0.2) is 37.9 Å². The van der Waals surface area contributed by atoms with Gasteiger partial charge in [-0.25, -0.2) is 4.79 Å². The maximum atomic E-state index is 10.5. The largest absolute Gasteiger partial charge is 0.494 e. The zero-order valence-electron chi connectivity index (χ0n) is 11.6. The highest BCUT2D eigenvalue weighted by Crippen LogP contribution is 2.16. The van der Waals surface area contributed by atoms with E-state index in [1.54, 1.807) is 0 Å². The van der Waals surface area contributed by atoms with Crippen molar-refractivity contribution >= 4 is 12.0 Å². The molecule has 0 amide bonds. The quantitative estimate of drug-likeness (QED) is 0.618. The molecular formula is C14H16N4O3. The highest BCUT2D eigenvalue weighted by Gasteiger charge is 2.06. The van der Waals surface area contributed by atoms with E-state index in [0.29, 0.717) is 12.4 Å². The number of hydrogen-bond donors (Lipinski definition) is 1. The van der Waals surface area contributed by atoms with E-state index in [1.165, 1.54) is 10.8 Å². The normalized spacial score (nSPS) is 10.9. The third kappa shape index (κ3) is 4.13. The monoisotopic (exact) mass is 288 g/mol. The maximum Gasteiger partial charge on any atom is 0.328 e. The van der Waals surface area contributed by atoms with Crippen molar-refractivity contribution in [1.82, 2.24) is 20.2 Å². The summed E-state index contributed by atoms with van der Waals surface area (Å²) in [5.74, 6) is 0.0733. The van der Waals surface area contributed by atoms with Crippen LogP contribution in [0.15, 0.2) is 30.3 Å². The molecule has 1 heterocycles. The summed E-state index contributed by atoms with van der Waals surface area (Å²) in [7, 11) is 0. The molecule has 0 aliphatic carbocycles. The van der Waals surface area contributed by atoms with Gasteiger partial charge in [-0.15, -0.1) is 5.10 Å². The van der Waals surface area contributed by atoms with E-state index in [-0.39, 0.29) is 0 Å². The molecule has 0 aliphatic heterocycles. The second-order valence-corrected chi connectivity index (χ2v) is 4.32. The van der Waals surface area contributed by atoms with Crippen LogP contribution in [0.1, 0.15) is 25.6 Å². The first-order valence-electron chi connectivity index (χ1n) is 6.63. The van der Waals surface area contributed by atoms with Crippen LogP contribution in [0, 0.1) is 0 Å². The van der Waals surface area contributed by atoms with E-state index in [0.717, 1.165) is 30.4 Å². The van der Waals surface area contributed by atoms with E-state index in [1.807, 2.05) is 24.3 Å². The van der Waals surface area contributed by atoms with E-state index < -0.39 is 5.97 Å². The lowest BCUT2D eigenvalue weighted by Gasteiger charge is -2.06. The minimum atomic E-state index is -1.05. The minimum absolute atomic E-state index is 0.344. The number of aromatic nitrogens is 4. The molecule has 1 N–H and O–H groups in total. The van der Waals surface area contributed by atoms with Crippen LogP contribution in [0.4, 0.5) is 0 Å². The molecule has 0 saturated carbocycles. The van der Waals surface area contributed by atoms with Crippen molar-refractivity contribution in [3.05, 3.63) is 36.2 Å². The van der Waals surface area contributed by atoms with Crippen LogP contribution >= 0.6 is 0 Å². The molecule has 1 aromatic carbocycles. The topological polar surface area (TPSA) is 90.1 Å². The molecule has 7 heteroatoms. The van der Waals surface area contributed by atoms with Crippen LogP contribution in [0.25, 0.3) is 11.8 Å². The molecule has 0 fully saturated rings. The fourth-order valence-corrected chi connectivity index (χ4v) is 1.65. The number of tetrazole rings is 1. The van der Waals surface area contributed by atoms with Crippen molar-refractivity contribution in [2.45, 2.75) is 19.8 Å². The van der Waals surface area contributed by atoms with Crippen molar-refractivity contribution in [3.8, 4) is 11.4 Å². The summed E-state index contributed by atoms with van der Waals surface area (Å²) in [5.41, 5.74) is 0.730. The van der Waals surface area contributed by atoms with Gasteiger partial charge in [0.2, 0.25) is 0 Å². The number of nitrogens with zero attached hydrogens (tertiary/aromatic N) is 4.